The zero-order valence-electron chi connectivity index (χ0n) is 63.1. The van der Waals surface area contributed by atoms with E-state index in [1.165, 1.54) is 55.0 Å². The van der Waals surface area contributed by atoms with E-state index in [1.807, 2.05) is 62.0 Å². The predicted molar refractivity (Wildman–Crippen MR) is 457 cm³/mol. The Kier molecular flexibility index (Phi) is 41.0. The minimum Gasteiger partial charge on any atom is -0.508 e. The van der Waals surface area contributed by atoms with Crippen LogP contribution in [0.5, 0.6) is 11.5 Å². The average molecular weight is 1900 g/mol. The van der Waals surface area contributed by atoms with E-state index >= 15 is 0 Å². The normalized spacial score (nSPS) is 15.4. The number of nitrogens with one attached hydrogen (secondary N) is 2. The average Bonchev–Trinajstić information content (AvgIpc) is 0.560. The topological polar surface area (TPSA) is 344 Å². The number of nitrogens with zero attached hydrogens (tertiary/aromatic N) is 7. The number of ether oxygens (including phenoxy) is 1. The van der Waals surface area contributed by atoms with Gasteiger partial charge in [-0.15, -0.1) is 0 Å². The molecule has 0 radical (unpaired) electrons. The van der Waals surface area contributed by atoms with Gasteiger partial charge in [0.1, 0.15) is 17.1 Å². The SMILES string of the molecule is C=CC(=O)Cl.C=CC(=O)N1CCC(n2ccc(-c3cc(O)ccc3Cl)cc2=O)CC1.C=CC(=O)N1CCC(n2ccc(Br)cc2=O)CC1.CC(C)(C)OC(=O)N1CCC(n2ccc(Br)cc2=O)CC1.CS(=O)(=O)OC1CCCCC1.O=c1cc(Br)cc[nH]1.O=c1cc(Br)ccn1C1CCNCC1.OB(O)c1cc(O)ccc1Cl. The minimum absolute atomic E-state index is 0.00197. The van der Waals surface area contributed by atoms with Crippen molar-refractivity contribution in [2.75, 3.05) is 58.6 Å². The van der Waals surface area contributed by atoms with Crippen LogP contribution < -0.4 is 38.6 Å². The number of phenolic OH excluding ortho intramolecular Hbond substituents is 2. The number of halogens is 7. The van der Waals surface area contributed by atoms with Gasteiger partial charge in [0.15, 0.2) is 0 Å². The van der Waals surface area contributed by atoms with Gasteiger partial charge in [0.05, 0.1) is 12.4 Å². The van der Waals surface area contributed by atoms with E-state index in [4.69, 9.17) is 58.9 Å². The lowest BCUT2D eigenvalue weighted by Gasteiger charge is -2.34. The molecule has 612 valence electrons. The van der Waals surface area contributed by atoms with Crippen LogP contribution in [0.2, 0.25) is 10.0 Å². The molecule has 4 saturated heterocycles. The number of benzene rings is 2. The van der Waals surface area contributed by atoms with Gasteiger partial charge in [-0.2, -0.15) is 8.42 Å². The third-order valence-corrected chi connectivity index (χ3v) is 21.3. The van der Waals surface area contributed by atoms with E-state index in [1.54, 1.807) is 83.4 Å². The Balaban J connectivity index is 0.000000239. The fraction of sp³-hybridized carbons (Fsp3) is 0.397. The Bertz CT molecular complexity index is 4760. The zero-order chi connectivity index (χ0) is 83.7. The molecule has 35 heteroatoms. The number of aromatic amines is 1. The van der Waals surface area contributed by atoms with Crippen molar-refractivity contribution in [3.8, 4) is 22.6 Å². The molecule has 12 rings (SSSR count). The summed E-state index contributed by atoms with van der Waals surface area (Å²) in [6.07, 6.45) is 25.2. The molecule has 5 fully saturated rings. The van der Waals surface area contributed by atoms with Crippen LogP contribution in [0.4, 0.5) is 4.79 Å². The molecule has 4 aliphatic heterocycles. The van der Waals surface area contributed by atoms with Crippen molar-refractivity contribution in [3.05, 3.63) is 246 Å². The van der Waals surface area contributed by atoms with Crippen LogP contribution in [-0.4, -0.2) is 167 Å². The standard InChI is InChI=1S/C19H19ClN2O3.C15H21BrN2O3.C13H15BrN2O2.C10H13BrN2O.C7H14O3S.C6H6BClO3.C5H4BrNO.C3H3ClO/c1-2-18(24)21-8-6-14(7-9-21)22-10-5-13(11-19(22)25)16-12-15(23)3-4-17(16)20;1-15(2,3)21-14(20)17-7-5-12(6-8-17)18-9-4-11(16)10-13(18)19;1-2-12(17)15-6-4-11(5-7-15)16-8-3-10(14)9-13(16)18;11-8-3-6-13(10(14)7-8)9-1-4-12-5-2-9;1-11(8,9)10-7-5-3-2-4-6-7;8-6-2-1-4(9)3-5(6)7(10)11;6-4-1-2-7-5(8)3-4;1-2-3(4)5/h2-5,10-12,14,23H,1,6-9H2;4,9-10,12H,5-8H2,1-3H3;2-3,8-9,11H,1,4-7H2;3,6-7,9,12H,1-2,4-5H2;7H,2-6H2,1H3;1-3,9-11H;1-3H,(H,7,8);2H,1H2. The number of amides is 3. The number of H-pyrrole nitrogens is 1. The first-order valence-electron chi connectivity index (χ1n) is 36.1. The molecule has 0 atom stereocenters. The largest absolute Gasteiger partial charge is 0.508 e. The van der Waals surface area contributed by atoms with Crippen molar-refractivity contribution in [2.45, 2.75) is 140 Å². The second-order valence-electron chi connectivity index (χ2n) is 27.3. The lowest BCUT2D eigenvalue weighted by molar-refractivity contribution is -0.128. The van der Waals surface area contributed by atoms with E-state index in [0.29, 0.717) is 61.5 Å². The second-order valence-corrected chi connectivity index (χ2v) is 33.8. The molecule has 6 N–H and O–H groups in total. The summed E-state index contributed by atoms with van der Waals surface area (Å²) in [6, 6.07) is 26.4. The molecule has 26 nitrogen and oxygen atoms in total. The lowest BCUT2D eigenvalue weighted by Crippen LogP contribution is -2.43. The summed E-state index contributed by atoms with van der Waals surface area (Å²) in [7, 11) is -4.87. The highest BCUT2D eigenvalue weighted by Gasteiger charge is 2.29. The number of piperidine rings is 4. The summed E-state index contributed by atoms with van der Waals surface area (Å²) < 4.78 is 41.9. The molecule has 113 heavy (non-hydrogen) atoms. The van der Waals surface area contributed by atoms with Crippen LogP contribution in [0.1, 0.15) is 128 Å². The third-order valence-electron chi connectivity index (χ3n) is 17.9. The van der Waals surface area contributed by atoms with Crippen molar-refractivity contribution in [3.63, 3.8) is 0 Å². The Morgan fingerprint density at radius 1 is 0.531 bits per heavy atom. The van der Waals surface area contributed by atoms with Gasteiger partial charge in [-0.1, -0.05) is 126 Å². The first-order valence-corrected chi connectivity index (χ1v) is 42.3. The number of hydrogen-bond acceptors (Lipinski definition) is 18. The van der Waals surface area contributed by atoms with Crippen LogP contribution in [0.15, 0.2) is 208 Å². The number of pyridine rings is 5. The smallest absolute Gasteiger partial charge is 0.490 e. The summed E-state index contributed by atoms with van der Waals surface area (Å²) in [5.74, 6) is -0.0448. The first kappa shape index (κ1) is 96.1. The number of likely N-dealkylation sites (tertiary alicyclic amines) is 3. The predicted octanol–water partition coefficient (Wildman–Crippen LogP) is 13.0. The van der Waals surface area contributed by atoms with Crippen LogP contribution in [0.25, 0.3) is 11.1 Å². The monoisotopic (exact) mass is 1890 g/mol. The van der Waals surface area contributed by atoms with Gasteiger partial charge in [-0.3, -0.25) is 42.5 Å². The molecular weight excluding hydrogens is 1800 g/mol. The quantitative estimate of drug-likeness (QED) is 0.0303. The van der Waals surface area contributed by atoms with Crippen molar-refractivity contribution in [1.29, 1.82) is 0 Å². The fourth-order valence-corrected chi connectivity index (χ4v) is 14.7. The summed E-state index contributed by atoms with van der Waals surface area (Å²) in [6.45, 7) is 21.5. The van der Waals surface area contributed by atoms with Gasteiger partial charge in [0.25, 0.3) is 32.4 Å². The maximum atomic E-state index is 12.5. The summed E-state index contributed by atoms with van der Waals surface area (Å²) in [5.41, 5.74) is 0.788. The summed E-state index contributed by atoms with van der Waals surface area (Å²) >= 11 is 29.4. The van der Waals surface area contributed by atoms with Crippen LogP contribution >= 0.6 is 98.5 Å². The number of phenols is 2. The van der Waals surface area contributed by atoms with E-state index in [0.717, 1.165) is 120 Å². The van der Waals surface area contributed by atoms with E-state index in [2.05, 4.69) is 93.8 Å². The Labute approximate surface area is 705 Å². The maximum Gasteiger partial charge on any atom is 0.490 e. The number of rotatable bonds is 11. The Morgan fingerprint density at radius 2 is 0.920 bits per heavy atom. The van der Waals surface area contributed by atoms with E-state index in [9.17, 15) is 56.7 Å². The van der Waals surface area contributed by atoms with Gasteiger partial charge in [-0.25, -0.2) is 4.79 Å². The molecule has 7 aromatic rings. The molecule has 2 aromatic carbocycles. The Hall–Kier alpha value is -7.47. The van der Waals surface area contributed by atoms with Gasteiger partial charge in [0.2, 0.25) is 22.6 Å². The van der Waals surface area contributed by atoms with Crippen molar-refractivity contribution in [2.24, 2.45) is 0 Å². The molecule has 1 aliphatic carbocycles. The van der Waals surface area contributed by atoms with Crippen LogP contribution in [-0.2, 0) is 33.4 Å². The maximum absolute atomic E-state index is 12.5. The number of carbonyl (C=O) groups is 4. The highest BCUT2D eigenvalue weighted by atomic mass is 79.9. The third kappa shape index (κ3) is 34.5. The van der Waals surface area contributed by atoms with E-state index in [-0.39, 0.29) is 91.9 Å². The molecule has 0 spiro atoms. The second kappa shape index (κ2) is 48.2. The summed E-state index contributed by atoms with van der Waals surface area (Å²) in [4.78, 5) is 111. The lowest BCUT2D eigenvalue weighted by atomic mass is 9.80. The van der Waals surface area contributed by atoms with Gasteiger partial charge >= 0.3 is 13.2 Å². The zero-order valence-corrected chi connectivity index (χ0v) is 72.5. The molecule has 9 heterocycles. The molecule has 0 bridgehead atoms. The molecule has 5 aromatic heterocycles. The van der Waals surface area contributed by atoms with Gasteiger partial charge in [-0.05, 0) is 200 Å². The molecular formula is C78H95BBr4Cl3N9O17S. The fourth-order valence-electron chi connectivity index (χ4n) is 12.3. The molecule has 0 unspecified atom stereocenters. The van der Waals surface area contributed by atoms with Crippen LogP contribution in [0.3, 0.4) is 0 Å². The van der Waals surface area contributed by atoms with Crippen molar-refractivity contribution < 1.29 is 56.8 Å². The minimum atomic E-state index is -3.22. The number of allylic oxidation sites excluding steroid dienone is 1. The van der Waals surface area contributed by atoms with Gasteiger partial charge < -0.3 is 68.3 Å². The number of aromatic nitrogens is 5. The van der Waals surface area contributed by atoms with Crippen molar-refractivity contribution >= 4 is 144 Å². The first-order chi connectivity index (χ1) is 53.4. The van der Waals surface area contributed by atoms with Gasteiger partial charge in [0, 0.05) is 164 Å². The molecule has 5 aliphatic rings. The highest BCUT2D eigenvalue weighted by Crippen LogP contribution is 2.32. The highest BCUT2D eigenvalue weighted by molar-refractivity contribution is 9.11. The Morgan fingerprint density at radius 3 is 1.27 bits per heavy atom. The number of aromatic hydroxyl groups is 2. The van der Waals surface area contributed by atoms with Crippen molar-refractivity contribution in [1.82, 2.24) is 43.3 Å². The molecule has 3 amide bonds. The number of carbonyl (C=O) groups excluding carboxylic acids is 4. The number of hydrogen-bond donors (Lipinski definition) is 6. The van der Waals surface area contributed by atoms with E-state index < -0.39 is 28.1 Å². The summed E-state index contributed by atoms with van der Waals surface area (Å²) in [5, 5.41) is 39.4. The van der Waals surface area contributed by atoms with Crippen LogP contribution in [0, 0.1) is 0 Å². The molecule has 1 saturated carbocycles.